The van der Waals surface area contributed by atoms with Crippen LogP contribution in [-0.4, -0.2) is 17.6 Å². The molecular formula is C14H13Cl2NO2S. The van der Waals surface area contributed by atoms with Crippen LogP contribution < -0.4 is 5.32 Å². The van der Waals surface area contributed by atoms with Crippen LogP contribution in [-0.2, 0) is 5.60 Å². The van der Waals surface area contributed by atoms with Crippen molar-refractivity contribution in [1.82, 2.24) is 5.32 Å². The quantitative estimate of drug-likeness (QED) is 0.898. The smallest absolute Gasteiger partial charge is 0.252 e. The van der Waals surface area contributed by atoms with Gasteiger partial charge in [0.25, 0.3) is 5.91 Å². The first-order valence-electron chi connectivity index (χ1n) is 5.88. The van der Waals surface area contributed by atoms with Gasteiger partial charge in [0.05, 0.1) is 17.1 Å². The number of hydrogen-bond acceptors (Lipinski definition) is 3. The van der Waals surface area contributed by atoms with Gasteiger partial charge in [-0.05, 0) is 47.5 Å². The summed E-state index contributed by atoms with van der Waals surface area (Å²) in [4.78, 5) is 12.1. The lowest BCUT2D eigenvalue weighted by molar-refractivity contribution is 0.0530. The van der Waals surface area contributed by atoms with Gasteiger partial charge in [0.2, 0.25) is 0 Å². The highest BCUT2D eigenvalue weighted by molar-refractivity contribution is 7.08. The first-order valence-corrected chi connectivity index (χ1v) is 7.58. The number of hydrogen-bond donors (Lipinski definition) is 2. The predicted molar refractivity (Wildman–Crippen MR) is 82.7 cm³/mol. The summed E-state index contributed by atoms with van der Waals surface area (Å²) in [5.74, 6) is -0.368. The largest absolute Gasteiger partial charge is 0.384 e. The van der Waals surface area contributed by atoms with Crippen LogP contribution in [0.4, 0.5) is 0 Å². The Morgan fingerprint density at radius 1 is 1.40 bits per heavy atom. The molecule has 1 unspecified atom stereocenters. The van der Waals surface area contributed by atoms with E-state index < -0.39 is 5.60 Å². The van der Waals surface area contributed by atoms with Gasteiger partial charge < -0.3 is 10.4 Å². The second-order valence-corrected chi connectivity index (χ2v) is 6.22. The third kappa shape index (κ3) is 3.52. The lowest BCUT2D eigenvalue weighted by Gasteiger charge is -2.23. The Labute approximate surface area is 131 Å². The highest BCUT2D eigenvalue weighted by atomic mass is 35.5. The molecule has 0 radical (unpaired) electrons. The molecule has 6 heteroatoms. The molecule has 1 atom stereocenters. The monoisotopic (exact) mass is 329 g/mol. The molecule has 0 fully saturated rings. The molecule has 1 aromatic carbocycles. The van der Waals surface area contributed by atoms with E-state index in [0.29, 0.717) is 15.6 Å². The summed E-state index contributed by atoms with van der Waals surface area (Å²) in [5.41, 5.74) is -0.0685. The molecule has 2 aromatic rings. The third-order valence-electron chi connectivity index (χ3n) is 2.91. The van der Waals surface area contributed by atoms with Crippen molar-refractivity contribution in [2.45, 2.75) is 12.5 Å². The van der Waals surface area contributed by atoms with Crippen molar-refractivity contribution in [2.75, 3.05) is 6.54 Å². The molecule has 2 N–H and O–H groups in total. The van der Waals surface area contributed by atoms with Gasteiger partial charge in [-0.25, -0.2) is 0 Å². The molecule has 0 aliphatic carbocycles. The van der Waals surface area contributed by atoms with E-state index >= 15 is 0 Å². The van der Waals surface area contributed by atoms with E-state index in [2.05, 4.69) is 5.32 Å². The molecular weight excluding hydrogens is 317 g/mol. The molecule has 1 amide bonds. The van der Waals surface area contributed by atoms with Gasteiger partial charge in [0.15, 0.2) is 0 Å². The Morgan fingerprint density at radius 2 is 2.15 bits per heavy atom. The summed E-state index contributed by atoms with van der Waals surface area (Å²) in [7, 11) is 0. The average Bonchev–Trinajstić information content (AvgIpc) is 2.93. The fraction of sp³-hybridized carbons (Fsp3) is 0.214. The minimum absolute atomic E-state index is 0.0887. The standard InChI is InChI=1S/C14H13Cl2NO2S/c1-14(19,9-4-5-20-7-9)8-17-13(18)11-6-10(15)2-3-12(11)16/h2-7,19H,8H2,1H3,(H,17,18). The number of benzene rings is 1. The lowest BCUT2D eigenvalue weighted by atomic mass is 9.99. The first-order chi connectivity index (χ1) is 9.40. The lowest BCUT2D eigenvalue weighted by Crippen LogP contribution is -2.38. The summed E-state index contributed by atoms with van der Waals surface area (Å²) in [6.07, 6.45) is 0. The molecule has 0 saturated heterocycles. The highest BCUT2D eigenvalue weighted by Crippen LogP contribution is 2.23. The Kier molecular flexibility index (Phi) is 4.70. The van der Waals surface area contributed by atoms with Crippen molar-refractivity contribution < 1.29 is 9.90 Å². The van der Waals surface area contributed by atoms with Crippen molar-refractivity contribution in [3.05, 3.63) is 56.2 Å². The second kappa shape index (κ2) is 6.14. The van der Waals surface area contributed by atoms with Crippen molar-refractivity contribution in [2.24, 2.45) is 0 Å². The summed E-state index contributed by atoms with van der Waals surface area (Å²) in [6.45, 7) is 1.74. The normalized spacial score (nSPS) is 13.8. The number of aliphatic hydroxyl groups is 1. The van der Waals surface area contributed by atoms with Gasteiger partial charge >= 0.3 is 0 Å². The van der Waals surface area contributed by atoms with Gasteiger partial charge in [-0.1, -0.05) is 23.2 Å². The molecule has 0 bridgehead atoms. The Morgan fingerprint density at radius 3 is 2.80 bits per heavy atom. The molecule has 1 aromatic heterocycles. The first kappa shape index (κ1) is 15.3. The molecule has 0 aliphatic rings. The molecule has 0 spiro atoms. The number of amides is 1. The second-order valence-electron chi connectivity index (χ2n) is 4.59. The maximum atomic E-state index is 12.1. The minimum atomic E-state index is -1.12. The van der Waals surface area contributed by atoms with Crippen LogP contribution in [0.5, 0.6) is 0 Å². The number of rotatable bonds is 4. The molecule has 3 nitrogen and oxygen atoms in total. The van der Waals surface area contributed by atoms with Crippen LogP contribution in [0.15, 0.2) is 35.0 Å². The topological polar surface area (TPSA) is 49.3 Å². The van der Waals surface area contributed by atoms with E-state index in [1.54, 1.807) is 19.1 Å². The molecule has 0 saturated carbocycles. The Bertz CT molecular complexity index is 612. The molecule has 20 heavy (non-hydrogen) atoms. The van der Waals surface area contributed by atoms with Crippen molar-refractivity contribution >= 4 is 40.4 Å². The van der Waals surface area contributed by atoms with Crippen LogP contribution in [0.2, 0.25) is 10.0 Å². The predicted octanol–water partition coefficient (Wildman–Crippen LogP) is 3.69. The van der Waals surface area contributed by atoms with E-state index in [9.17, 15) is 9.90 Å². The number of carbonyl (C=O) groups is 1. The average molecular weight is 330 g/mol. The van der Waals surface area contributed by atoms with Gasteiger partial charge in [-0.3, -0.25) is 4.79 Å². The highest BCUT2D eigenvalue weighted by Gasteiger charge is 2.24. The van der Waals surface area contributed by atoms with E-state index in [1.807, 2.05) is 16.8 Å². The zero-order valence-electron chi connectivity index (χ0n) is 10.7. The van der Waals surface area contributed by atoms with Crippen LogP contribution in [0.3, 0.4) is 0 Å². The maximum Gasteiger partial charge on any atom is 0.252 e. The number of halogens is 2. The summed E-state index contributed by atoms with van der Waals surface area (Å²) in [5, 5.41) is 17.5. The van der Waals surface area contributed by atoms with Crippen molar-refractivity contribution in [1.29, 1.82) is 0 Å². The van der Waals surface area contributed by atoms with E-state index in [4.69, 9.17) is 23.2 Å². The van der Waals surface area contributed by atoms with Gasteiger partial charge in [0.1, 0.15) is 5.60 Å². The zero-order chi connectivity index (χ0) is 14.8. The molecule has 106 valence electrons. The molecule has 2 rings (SSSR count). The van der Waals surface area contributed by atoms with Crippen molar-refractivity contribution in [3.8, 4) is 0 Å². The van der Waals surface area contributed by atoms with Crippen LogP contribution >= 0.6 is 34.5 Å². The fourth-order valence-corrected chi connectivity index (χ4v) is 2.85. The number of nitrogens with one attached hydrogen (secondary N) is 1. The molecule has 1 heterocycles. The number of thiophene rings is 1. The van der Waals surface area contributed by atoms with E-state index in [-0.39, 0.29) is 12.5 Å². The van der Waals surface area contributed by atoms with Crippen molar-refractivity contribution in [3.63, 3.8) is 0 Å². The van der Waals surface area contributed by atoms with Crippen LogP contribution in [0.1, 0.15) is 22.8 Å². The van der Waals surface area contributed by atoms with Crippen LogP contribution in [0.25, 0.3) is 0 Å². The third-order valence-corrected chi connectivity index (χ3v) is 4.16. The van der Waals surface area contributed by atoms with Gasteiger partial charge in [-0.2, -0.15) is 11.3 Å². The number of carbonyl (C=O) groups excluding carboxylic acids is 1. The van der Waals surface area contributed by atoms with Gasteiger partial charge in [0, 0.05) is 5.02 Å². The minimum Gasteiger partial charge on any atom is -0.384 e. The Balaban J connectivity index is 2.07. The van der Waals surface area contributed by atoms with E-state index in [0.717, 1.165) is 5.56 Å². The van der Waals surface area contributed by atoms with E-state index in [1.165, 1.54) is 17.4 Å². The molecule has 0 aliphatic heterocycles. The summed E-state index contributed by atoms with van der Waals surface area (Å²) in [6, 6.07) is 6.50. The fourth-order valence-electron chi connectivity index (χ4n) is 1.69. The summed E-state index contributed by atoms with van der Waals surface area (Å²) >= 11 is 13.3. The van der Waals surface area contributed by atoms with Gasteiger partial charge in [-0.15, -0.1) is 0 Å². The zero-order valence-corrected chi connectivity index (χ0v) is 13.0. The van der Waals surface area contributed by atoms with Crippen LogP contribution in [0, 0.1) is 0 Å². The maximum absolute atomic E-state index is 12.1. The SMILES string of the molecule is CC(O)(CNC(=O)c1cc(Cl)ccc1Cl)c1ccsc1. The summed E-state index contributed by atoms with van der Waals surface area (Å²) < 4.78 is 0. The Hall–Kier alpha value is -1.07.